The van der Waals surface area contributed by atoms with E-state index in [2.05, 4.69) is 15.2 Å². The van der Waals surface area contributed by atoms with Crippen LogP contribution in [0, 0.1) is 13.8 Å². The van der Waals surface area contributed by atoms with Gasteiger partial charge in [-0.15, -0.1) is 21.5 Å². The number of carbonyl (C=O) groups is 1. The summed E-state index contributed by atoms with van der Waals surface area (Å²) in [6.45, 7) is 3.72. The van der Waals surface area contributed by atoms with E-state index in [1.807, 2.05) is 13.8 Å². The van der Waals surface area contributed by atoms with Gasteiger partial charge < -0.3 is 5.11 Å². The number of nitrogens with zero attached hydrogens (tertiary/aromatic N) is 3. The van der Waals surface area contributed by atoms with Crippen molar-refractivity contribution in [2.24, 2.45) is 0 Å². The van der Waals surface area contributed by atoms with Crippen LogP contribution in [0.3, 0.4) is 0 Å². The van der Waals surface area contributed by atoms with Gasteiger partial charge in [-0.25, -0.2) is 4.98 Å². The third-order valence-electron chi connectivity index (χ3n) is 1.87. The Balaban J connectivity index is 2.14. The molecule has 0 saturated carbocycles. The Morgan fingerprint density at radius 1 is 1.29 bits per heavy atom. The topological polar surface area (TPSA) is 76.0 Å². The molecule has 0 bridgehead atoms. The lowest BCUT2D eigenvalue weighted by Gasteiger charge is -1.89. The lowest BCUT2D eigenvalue weighted by molar-refractivity contribution is -0.136. The highest BCUT2D eigenvalue weighted by atomic mass is 32.2. The minimum atomic E-state index is -0.833. The van der Waals surface area contributed by atoms with E-state index < -0.39 is 5.97 Å². The van der Waals surface area contributed by atoms with Gasteiger partial charge in [0.15, 0.2) is 8.68 Å². The Morgan fingerprint density at radius 3 is 2.65 bits per heavy atom. The van der Waals surface area contributed by atoms with Gasteiger partial charge in [-0.2, -0.15) is 0 Å². The van der Waals surface area contributed by atoms with Crippen LogP contribution in [-0.4, -0.2) is 26.3 Å². The van der Waals surface area contributed by atoms with Crippen LogP contribution in [0.1, 0.15) is 15.6 Å². The van der Waals surface area contributed by atoms with Crippen LogP contribution >= 0.6 is 34.4 Å². The maximum atomic E-state index is 10.6. The van der Waals surface area contributed by atoms with Crippen molar-refractivity contribution in [1.29, 1.82) is 0 Å². The van der Waals surface area contributed by atoms with Gasteiger partial charge >= 0.3 is 5.97 Å². The lowest BCUT2D eigenvalue weighted by Crippen LogP contribution is -1.99. The summed E-state index contributed by atoms with van der Waals surface area (Å²) in [6, 6.07) is 0. The summed E-state index contributed by atoms with van der Waals surface area (Å²) in [5, 5.41) is 17.6. The van der Waals surface area contributed by atoms with Crippen LogP contribution < -0.4 is 0 Å². The first-order valence-electron chi connectivity index (χ1n) is 4.70. The van der Waals surface area contributed by atoms with Crippen LogP contribution in [0.15, 0.2) is 8.68 Å². The Morgan fingerprint density at radius 2 is 2.06 bits per heavy atom. The first kappa shape index (κ1) is 12.5. The third-order valence-corrected chi connectivity index (χ3v) is 4.97. The molecule has 2 aromatic heterocycles. The van der Waals surface area contributed by atoms with Crippen LogP contribution in [0.2, 0.25) is 0 Å². The number of hydrogen-bond donors (Lipinski definition) is 1. The Bertz CT molecular complexity index is 549. The molecular formula is C9H9N3O2S3. The molecule has 5 nitrogen and oxygen atoms in total. The average Bonchev–Trinajstić information content (AvgIpc) is 2.74. The molecule has 2 aromatic rings. The van der Waals surface area contributed by atoms with E-state index >= 15 is 0 Å². The van der Waals surface area contributed by atoms with Crippen molar-refractivity contribution >= 4 is 40.4 Å². The Kier molecular flexibility index (Phi) is 3.75. The number of aromatic nitrogens is 3. The quantitative estimate of drug-likeness (QED) is 0.930. The molecule has 2 rings (SSSR count). The second-order valence-electron chi connectivity index (χ2n) is 3.25. The van der Waals surface area contributed by atoms with Crippen molar-refractivity contribution in [1.82, 2.24) is 15.2 Å². The highest BCUT2D eigenvalue weighted by molar-refractivity contribution is 8.02. The van der Waals surface area contributed by atoms with E-state index in [0.29, 0.717) is 0 Å². The summed E-state index contributed by atoms with van der Waals surface area (Å²) in [4.78, 5) is 15.8. The largest absolute Gasteiger partial charge is 0.481 e. The smallest absolute Gasteiger partial charge is 0.308 e. The summed E-state index contributed by atoms with van der Waals surface area (Å²) >= 11 is 4.33. The zero-order valence-electron chi connectivity index (χ0n) is 9.13. The number of carboxylic acid groups (broad SMARTS) is 1. The molecule has 0 radical (unpaired) electrons. The molecule has 2 heterocycles. The highest BCUT2D eigenvalue weighted by Gasteiger charge is 2.13. The molecule has 8 heteroatoms. The second kappa shape index (κ2) is 5.11. The van der Waals surface area contributed by atoms with Crippen molar-refractivity contribution < 1.29 is 9.90 Å². The molecule has 0 aliphatic carbocycles. The van der Waals surface area contributed by atoms with Crippen molar-refractivity contribution in [3.63, 3.8) is 0 Å². The molecule has 90 valence electrons. The maximum Gasteiger partial charge on any atom is 0.308 e. The van der Waals surface area contributed by atoms with Gasteiger partial charge in [-0.3, -0.25) is 4.79 Å². The minimum absolute atomic E-state index is 0.0270. The normalized spacial score (nSPS) is 10.7. The van der Waals surface area contributed by atoms with Crippen LogP contribution in [0.5, 0.6) is 0 Å². The molecule has 0 atom stereocenters. The third kappa shape index (κ3) is 3.24. The van der Waals surface area contributed by atoms with Crippen molar-refractivity contribution in [3.8, 4) is 0 Å². The molecule has 0 saturated heterocycles. The highest BCUT2D eigenvalue weighted by Crippen LogP contribution is 2.34. The summed E-state index contributed by atoms with van der Waals surface area (Å²) < 4.78 is 1.65. The van der Waals surface area contributed by atoms with E-state index in [4.69, 9.17) is 5.11 Å². The number of thiazole rings is 1. The summed E-state index contributed by atoms with van der Waals surface area (Å²) in [6.07, 6.45) is 0.0270. The number of hydrogen-bond acceptors (Lipinski definition) is 7. The summed E-state index contributed by atoms with van der Waals surface area (Å²) in [5.74, 6) is -0.833. The molecule has 0 unspecified atom stereocenters. The number of rotatable bonds is 4. The van der Waals surface area contributed by atoms with E-state index in [0.717, 1.165) is 24.3 Å². The standard InChI is InChI=1S/C9H9N3O2S3/c1-4-6(3-7(13)14)16-8(10-4)17-9-12-11-5(2)15-9/h3H2,1-2H3,(H,13,14). The molecular weight excluding hydrogens is 278 g/mol. The number of aryl methyl sites for hydroxylation is 2. The van der Waals surface area contributed by atoms with Gasteiger partial charge in [-0.1, -0.05) is 11.3 Å². The van der Waals surface area contributed by atoms with Crippen LogP contribution in [-0.2, 0) is 11.2 Å². The van der Waals surface area contributed by atoms with Gasteiger partial charge in [0.1, 0.15) is 5.01 Å². The molecule has 0 aliphatic heterocycles. The minimum Gasteiger partial charge on any atom is -0.481 e. The monoisotopic (exact) mass is 287 g/mol. The SMILES string of the molecule is Cc1nnc(Sc2nc(C)c(CC(=O)O)s2)s1. The van der Waals surface area contributed by atoms with Gasteiger partial charge in [0.25, 0.3) is 0 Å². The second-order valence-corrected chi connectivity index (χ2v) is 7.01. The molecule has 1 N–H and O–H groups in total. The van der Waals surface area contributed by atoms with E-state index in [1.54, 1.807) is 0 Å². The van der Waals surface area contributed by atoms with Gasteiger partial charge in [0, 0.05) is 4.88 Å². The van der Waals surface area contributed by atoms with Crippen molar-refractivity contribution in [3.05, 3.63) is 15.6 Å². The average molecular weight is 287 g/mol. The fourth-order valence-electron chi connectivity index (χ4n) is 1.14. The van der Waals surface area contributed by atoms with Gasteiger partial charge in [0.2, 0.25) is 0 Å². The maximum absolute atomic E-state index is 10.6. The summed E-state index contributed by atoms with van der Waals surface area (Å²) in [5.41, 5.74) is 0.779. The molecule has 0 fully saturated rings. The molecule has 0 spiro atoms. The van der Waals surface area contributed by atoms with E-state index in [9.17, 15) is 4.79 Å². The Hall–Kier alpha value is -0.990. The predicted molar refractivity (Wildman–Crippen MR) is 67.0 cm³/mol. The van der Waals surface area contributed by atoms with E-state index in [-0.39, 0.29) is 6.42 Å². The number of aliphatic carboxylic acids is 1. The molecule has 17 heavy (non-hydrogen) atoms. The first-order chi connectivity index (χ1) is 8.04. The van der Waals surface area contributed by atoms with Crippen molar-refractivity contribution in [2.75, 3.05) is 0 Å². The van der Waals surface area contributed by atoms with Crippen LogP contribution in [0.25, 0.3) is 0 Å². The van der Waals surface area contributed by atoms with Crippen LogP contribution in [0.4, 0.5) is 0 Å². The predicted octanol–water partition coefficient (Wildman–Crippen LogP) is 2.39. The first-order valence-corrected chi connectivity index (χ1v) is 7.15. The molecule has 0 aliphatic rings. The van der Waals surface area contributed by atoms with Crippen molar-refractivity contribution in [2.45, 2.75) is 28.9 Å². The molecule has 0 aromatic carbocycles. The fourth-order valence-corrected chi connectivity index (χ4v) is 4.38. The molecule has 0 amide bonds. The Labute approximate surface area is 110 Å². The fraction of sp³-hybridized carbons (Fsp3) is 0.333. The van der Waals surface area contributed by atoms with E-state index in [1.165, 1.54) is 34.4 Å². The van der Waals surface area contributed by atoms with Gasteiger partial charge in [-0.05, 0) is 25.6 Å². The summed E-state index contributed by atoms with van der Waals surface area (Å²) in [7, 11) is 0. The zero-order valence-corrected chi connectivity index (χ0v) is 11.6. The van der Waals surface area contributed by atoms with Gasteiger partial charge in [0.05, 0.1) is 12.1 Å². The number of carboxylic acids is 1. The zero-order chi connectivity index (χ0) is 12.4. The lowest BCUT2D eigenvalue weighted by atomic mass is 10.3.